The molecule has 0 bridgehead atoms. The third-order valence-corrected chi connectivity index (χ3v) is 64.4. The van der Waals surface area contributed by atoms with Crippen molar-refractivity contribution >= 4 is 11.8 Å². The van der Waals surface area contributed by atoms with Gasteiger partial charge in [0.2, 0.25) is 0 Å². The molecule has 10 saturated heterocycles. The van der Waals surface area contributed by atoms with E-state index in [-0.39, 0.29) is 0 Å². The summed E-state index contributed by atoms with van der Waals surface area (Å²) < 4.78 is 1.20. The Morgan fingerprint density at radius 3 is 1.45 bits per heavy atom. The fourth-order valence-corrected chi connectivity index (χ4v) is 99.4. The second-order valence-electron chi connectivity index (χ2n) is 18.0. The van der Waals surface area contributed by atoms with Crippen LogP contribution in [0.25, 0.3) is 0 Å². The molecule has 8 unspecified atom stereocenters. The second kappa shape index (κ2) is 4.02. The van der Waals surface area contributed by atoms with Gasteiger partial charge in [0, 0.05) is 0 Å². The third-order valence-electron chi connectivity index (χ3n) is 21.0. The van der Waals surface area contributed by atoms with Crippen LogP contribution >= 0.6 is 0 Å². The summed E-state index contributed by atoms with van der Waals surface area (Å²) in [6, 6.07) is 0. The standard InChI is InChI=1S/C23H39O.C11H15O2.Fe/c1-2-3-4-5-6-7-8-9-10-11-12-13-14-15-16-21-23(24)22-19-17-18-20-22;12-11(13)9-3-1-2-6-10-7-4-5-8-10;/h17-20H,2-16,21H2,1H3;4-5,7-8H,1-3,6,9H2,(H,12,13);. The number of ketones is 1. The van der Waals surface area contributed by atoms with Crippen molar-refractivity contribution in [2.24, 2.45) is 0 Å². The monoisotopic (exact) mass is 566 g/mol. The van der Waals surface area contributed by atoms with Gasteiger partial charge >= 0.3 is 176 Å². The van der Waals surface area contributed by atoms with E-state index in [1.807, 2.05) is 0 Å². The van der Waals surface area contributed by atoms with Crippen LogP contribution in [0.15, 0.2) is 0 Å². The van der Waals surface area contributed by atoms with Gasteiger partial charge in [-0.25, -0.2) is 0 Å². The number of hydrogen-bond acceptors (Lipinski definition) is 2. The first-order valence-corrected chi connectivity index (χ1v) is 23.5. The van der Waals surface area contributed by atoms with Crippen LogP contribution in [0.3, 0.4) is 0 Å². The fraction of sp³-hybridized carbons (Fsp3) is 0.941. The van der Waals surface area contributed by atoms with Crippen molar-refractivity contribution in [1.82, 2.24) is 0 Å². The second-order valence-corrected chi connectivity index (χ2v) is 41.3. The molecule has 3 nitrogen and oxygen atoms in total. The van der Waals surface area contributed by atoms with Gasteiger partial charge in [0.25, 0.3) is 0 Å². The van der Waals surface area contributed by atoms with Gasteiger partial charge in [-0.05, 0) is 0 Å². The van der Waals surface area contributed by atoms with Crippen LogP contribution in [0.1, 0.15) is 142 Å². The molecule has 38 heavy (non-hydrogen) atoms. The van der Waals surface area contributed by atoms with Crippen LogP contribution in [-0.2, 0) is 16.1 Å². The molecule has 10 aliphatic heterocycles. The van der Waals surface area contributed by atoms with E-state index in [0.717, 1.165) is 39.0 Å². The predicted octanol–water partition coefficient (Wildman–Crippen LogP) is 11.0. The van der Waals surface area contributed by atoms with E-state index in [1.54, 1.807) is 0 Å². The van der Waals surface area contributed by atoms with E-state index in [2.05, 4.69) is 6.92 Å². The summed E-state index contributed by atoms with van der Waals surface area (Å²) in [5.74, 6) is 0.218. The number of unbranched alkanes of at least 4 members (excludes halogenated alkanes) is 16. The molecule has 10 fully saturated rings. The van der Waals surface area contributed by atoms with Crippen LogP contribution in [0.4, 0.5) is 0 Å². The zero-order valence-electron chi connectivity index (χ0n) is 24.1. The topological polar surface area (TPSA) is 54.4 Å². The first-order valence-electron chi connectivity index (χ1n) is 17.3. The first kappa shape index (κ1) is 23.2. The molecule has 4 heteroatoms. The number of carboxylic acid groups (broad SMARTS) is 1. The maximum atomic E-state index is 14.1. The summed E-state index contributed by atoms with van der Waals surface area (Å²) in [4.78, 5) is 34.3. The van der Waals surface area contributed by atoms with Crippen molar-refractivity contribution in [3.63, 3.8) is 0 Å². The molecular weight excluding hydrogens is 512 g/mol. The van der Waals surface area contributed by atoms with Gasteiger partial charge in [-0.3, -0.25) is 0 Å². The van der Waals surface area contributed by atoms with E-state index < -0.39 is 12.5 Å². The summed E-state index contributed by atoms with van der Waals surface area (Å²) in [5, 5.41) is 9.00. The Bertz CT molecular complexity index is 1440. The summed E-state index contributed by atoms with van der Waals surface area (Å²) in [6.45, 7) is -1.29. The van der Waals surface area contributed by atoms with Gasteiger partial charge in [-0.15, -0.1) is 0 Å². The number of rotatable bonds is 23. The van der Waals surface area contributed by atoms with Crippen LogP contribution in [-0.4, -0.2) is 16.9 Å². The van der Waals surface area contributed by atoms with E-state index in [9.17, 15) is 9.59 Å². The summed E-state index contributed by atoms with van der Waals surface area (Å²) in [7, 11) is 0. The van der Waals surface area contributed by atoms with Gasteiger partial charge in [-0.1, -0.05) is 45.4 Å². The molecule has 0 aromatic rings. The summed E-state index contributed by atoms with van der Waals surface area (Å²) >= 11 is 0. The molecular formula is C34H54FeO3. The first-order chi connectivity index (χ1) is 18.3. The molecule has 0 aliphatic carbocycles. The minimum atomic E-state index is -3.58. The zero-order valence-corrected chi connectivity index (χ0v) is 25.2. The Labute approximate surface area is 221 Å². The Hall–Kier alpha value is -0.341. The quantitative estimate of drug-likeness (QED) is 0.0989. The molecule has 0 radical (unpaired) electrons. The number of Topliss-reactive ketones (excluding diaryl/α,β-unsaturated/α-hetero) is 1. The SMILES string of the molecule is CCCCCCCCCCCCCCCCCC(=O)[C]12[CH]3[CH]4[CH]5[CH]1[Fe]45321678[CH]2[CH]1[CH]6[C]7(CCCCCC(=O)O)[CH]28. The molecule has 0 aromatic heterocycles. The molecule has 216 valence electrons. The van der Waals surface area contributed by atoms with E-state index in [0.29, 0.717) is 10.7 Å². The van der Waals surface area contributed by atoms with Gasteiger partial charge in [0.15, 0.2) is 0 Å². The van der Waals surface area contributed by atoms with Crippen molar-refractivity contribution in [2.45, 2.75) is 189 Å². The fourth-order valence-electron chi connectivity index (χ4n) is 22.2. The van der Waals surface area contributed by atoms with Gasteiger partial charge in [0.1, 0.15) is 0 Å². The average Bonchev–Trinajstić information content (AvgIpc) is 3.85. The number of carbonyl (C=O) groups is 2. The number of carboxylic acids is 1. The molecule has 10 rings (SSSR count). The number of aliphatic carboxylic acids is 1. The van der Waals surface area contributed by atoms with Gasteiger partial charge in [0.05, 0.1) is 0 Å². The van der Waals surface area contributed by atoms with Crippen molar-refractivity contribution in [3.05, 3.63) is 0 Å². The average molecular weight is 567 g/mol. The zero-order chi connectivity index (χ0) is 25.9. The summed E-state index contributed by atoms with van der Waals surface area (Å²) in [5.41, 5.74) is 0. The van der Waals surface area contributed by atoms with Gasteiger partial charge < -0.3 is 0 Å². The maximum absolute atomic E-state index is 14.1. The molecule has 1 N–H and O–H groups in total. The predicted molar refractivity (Wildman–Crippen MR) is 151 cm³/mol. The minimum absolute atomic E-state index is 0.347. The van der Waals surface area contributed by atoms with Crippen LogP contribution in [0.2, 0.25) is 47.2 Å². The van der Waals surface area contributed by atoms with Gasteiger partial charge in [-0.2, -0.15) is 0 Å². The number of fused-ring (bicyclic) bond motifs is 10. The molecule has 0 aromatic carbocycles. The Kier molecular flexibility index (Phi) is 2.46. The van der Waals surface area contributed by atoms with E-state index in [1.165, 1.54) is 138 Å². The molecule has 0 amide bonds. The Morgan fingerprint density at radius 1 is 0.579 bits per heavy atom. The van der Waals surface area contributed by atoms with Crippen LogP contribution in [0.5, 0.6) is 0 Å². The molecule has 0 saturated carbocycles. The summed E-state index contributed by atoms with van der Waals surface area (Å²) in [6.07, 6.45) is 26.9. The van der Waals surface area contributed by atoms with Crippen LogP contribution in [0, 0.1) is 0 Å². The third kappa shape index (κ3) is 0.645. The molecule has 1 spiro atoms. The van der Waals surface area contributed by atoms with E-state index in [4.69, 9.17) is 5.11 Å². The van der Waals surface area contributed by atoms with Crippen molar-refractivity contribution < 1.29 is 21.2 Å². The van der Waals surface area contributed by atoms with Crippen molar-refractivity contribution in [3.8, 4) is 0 Å². The number of hydrogen-bond donors (Lipinski definition) is 1. The normalized spacial score (nSPS) is 61.7. The molecule has 10 heterocycles. The molecule has 8 atom stereocenters. The van der Waals surface area contributed by atoms with Crippen molar-refractivity contribution in [2.75, 3.05) is 0 Å². The Balaban J connectivity index is 0.675. The van der Waals surface area contributed by atoms with Crippen LogP contribution < -0.4 is 0 Å². The number of carbonyl (C=O) groups excluding carboxylic acids is 1. The van der Waals surface area contributed by atoms with E-state index >= 15 is 0 Å². The molecule has 10 aliphatic rings. The van der Waals surface area contributed by atoms with Crippen molar-refractivity contribution in [1.29, 1.82) is 0 Å². The Morgan fingerprint density at radius 2 is 1.00 bits per heavy atom.